The Morgan fingerprint density at radius 2 is 1.79 bits per heavy atom. The van der Waals surface area contributed by atoms with E-state index in [4.69, 9.17) is 4.42 Å². The van der Waals surface area contributed by atoms with Crippen LogP contribution in [-0.4, -0.2) is 34.2 Å². The number of nitrogens with one attached hydrogen (secondary N) is 1. The smallest absolute Gasteiger partial charge is 0.321 e. The van der Waals surface area contributed by atoms with Crippen molar-refractivity contribution >= 4 is 11.7 Å². The Morgan fingerprint density at radius 3 is 2.42 bits per heavy atom. The fraction of sp³-hybridized carbons (Fsp3) is 0.500. The minimum absolute atomic E-state index is 0.0387. The van der Waals surface area contributed by atoms with Gasteiger partial charge in [-0.25, -0.2) is 4.79 Å². The molecule has 0 radical (unpaired) electrons. The Bertz CT molecular complexity index is 730. The highest BCUT2D eigenvalue weighted by Crippen LogP contribution is 2.40. The molecule has 2 fully saturated rings. The Morgan fingerprint density at radius 1 is 1.12 bits per heavy atom. The molecule has 1 aliphatic heterocycles. The number of rotatable bonds is 3. The van der Waals surface area contributed by atoms with Crippen LogP contribution < -0.4 is 5.32 Å². The van der Waals surface area contributed by atoms with Gasteiger partial charge in [0.25, 0.3) is 0 Å². The molecule has 2 aromatic rings. The number of carbonyl (C=O) groups is 1. The molecule has 2 amide bonds. The van der Waals surface area contributed by atoms with Crippen molar-refractivity contribution in [3.8, 4) is 0 Å². The van der Waals surface area contributed by atoms with Gasteiger partial charge >= 0.3 is 6.03 Å². The van der Waals surface area contributed by atoms with Gasteiger partial charge < -0.3 is 14.6 Å². The number of aryl methyl sites for hydroxylation is 1. The number of benzene rings is 1. The summed E-state index contributed by atoms with van der Waals surface area (Å²) in [6.07, 6.45) is 4.07. The predicted molar refractivity (Wildman–Crippen MR) is 90.0 cm³/mol. The third-order valence-electron chi connectivity index (χ3n) is 4.78. The van der Waals surface area contributed by atoms with Crippen LogP contribution in [0, 0.1) is 6.92 Å². The molecule has 6 nitrogen and oxygen atoms in total. The molecule has 0 unspecified atom stereocenters. The average molecular weight is 326 g/mol. The molecule has 1 aromatic heterocycles. The second kappa shape index (κ2) is 6.26. The van der Waals surface area contributed by atoms with Gasteiger partial charge in [-0.1, -0.05) is 12.1 Å². The Hall–Kier alpha value is -2.37. The summed E-state index contributed by atoms with van der Waals surface area (Å²) >= 11 is 0. The fourth-order valence-corrected chi connectivity index (χ4v) is 3.16. The summed E-state index contributed by atoms with van der Waals surface area (Å²) in [6, 6.07) is 7.81. The zero-order chi connectivity index (χ0) is 16.5. The topological polar surface area (TPSA) is 71.3 Å². The van der Waals surface area contributed by atoms with Crippen LogP contribution in [0.5, 0.6) is 0 Å². The number of amides is 2. The number of nitrogens with zero attached hydrogens (tertiary/aromatic N) is 3. The van der Waals surface area contributed by atoms with Crippen molar-refractivity contribution in [3.05, 3.63) is 41.6 Å². The molecule has 24 heavy (non-hydrogen) atoms. The van der Waals surface area contributed by atoms with Crippen molar-refractivity contribution in [3.63, 3.8) is 0 Å². The molecule has 2 heterocycles. The largest absolute Gasteiger partial charge is 0.425 e. The van der Waals surface area contributed by atoms with Gasteiger partial charge in [0.2, 0.25) is 11.8 Å². The van der Waals surface area contributed by atoms with E-state index in [-0.39, 0.29) is 11.9 Å². The first kappa shape index (κ1) is 15.2. The maximum Gasteiger partial charge on any atom is 0.321 e. The van der Waals surface area contributed by atoms with E-state index in [0.29, 0.717) is 19.0 Å². The van der Waals surface area contributed by atoms with Gasteiger partial charge in [0, 0.05) is 30.6 Å². The van der Waals surface area contributed by atoms with Crippen LogP contribution in [0.1, 0.15) is 54.9 Å². The number of likely N-dealkylation sites (tertiary alicyclic amines) is 1. The molecule has 1 aliphatic carbocycles. The number of anilines is 1. The van der Waals surface area contributed by atoms with Crippen molar-refractivity contribution < 1.29 is 9.21 Å². The van der Waals surface area contributed by atoms with Gasteiger partial charge in [0.05, 0.1) is 0 Å². The molecule has 1 saturated heterocycles. The van der Waals surface area contributed by atoms with E-state index in [1.807, 2.05) is 36.1 Å². The van der Waals surface area contributed by atoms with E-state index in [1.165, 1.54) is 12.8 Å². The van der Waals surface area contributed by atoms with Crippen LogP contribution in [0.2, 0.25) is 0 Å². The molecular formula is C18H22N4O2. The molecule has 126 valence electrons. The highest BCUT2D eigenvalue weighted by atomic mass is 16.4. The first-order valence-electron chi connectivity index (χ1n) is 8.65. The van der Waals surface area contributed by atoms with E-state index in [1.54, 1.807) is 0 Å². The molecule has 1 N–H and O–H groups in total. The molecular weight excluding hydrogens is 304 g/mol. The highest BCUT2D eigenvalue weighted by molar-refractivity contribution is 5.89. The minimum atomic E-state index is -0.0387. The fourth-order valence-electron chi connectivity index (χ4n) is 3.16. The van der Waals surface area contributed by atoms with Crippen LogP contribution in [0.25, 0.3) is 0 Å². The SMILES string of the molecule is Cc1cccc(NC(=O)N2CCC(c3nnc(C4CC4)o3)CC2)c1. The first-order valence-corrected chi connectivity index (χ1v) is 8.65. The van der Waals surface area contributed by atoms with Crippen LogP contribution in [0.3, 0.4) is 0 Å². The van der Waals surface area contributed by atoms with Gasteiger partial charge in [0.1, 0.15) is 0 Å². The standard InChI is InChI=1S/C18H22N4O2/c1-12-3-2-4-15(11-12)19-18(23)22-9-7-14(8-10-22)17-21-20-16(24-17)13-5-6-13/h2-4,11,13-14H,5-10H2,1H3,(H,19,23). The van der Waals surface area contributed by atoms with E-state index in [9.17, 15) is 4.79 Å². The quantitative estimate of drug-likeness (QED) is 0.934. The Kier molecular flexibility index (Phi) is 3.96. The van der Waals surface area contributed by atoms with Crippen LogP contribution >= 0.6 is 0 Å². The summed E-state index contributed by atoms with van der Waals surface area (Å²) in [6.45, 7) is 3.44. The van der Waals surface area contributed by atoms with E-state index in [2.05, 4.69) is 15.5 Å². The van der Waals surface area contributed by atoms with Gasteiger partial charge in [-0.15, -0.1) is 10.2 Å². The second-order valence-electron chi connectivity index (χ2n) is 6.81. The molecule has 2 aliphatic rings. The lowest BCUT2D eigenvalue weighted by molar-refractivity contribution is 0.189. The number of piperidine rings is 1. The maximum absolute atomic E-state index is 12.4. The second-order valence-corrected chi connectivity index (χ2v) is 6.81. The number of carbonyl (C=O) groups excluding carboxylic acids is 1. The van der Waals surface area contributed by atoms with Crippen molar-refractivity contribution in [2.45, 2.75) is 44.4 Å². The number of urea groups is 1. The van der Waals surface area contributed by atoms with Gasteiger partial charge in [-0.05, 0) is 50.3 Å². The Labute approximate surface area is 141 Å². The van der Waals surface area contributed by atoms with Crippen LogP contribution in [0.4, 0.5) is 10.5 Å². The lowest BCUT2D eigenvalue weighted by Gasteiger charge is -2.30. The average Bonchev–Trinajstić information content (AvgIpc) is 3.32. The first-order chi connectivity index (χ1) is 11.7. The van der Waals surface area contributed by atoms with E-state index < -0.39 is 0 Å². The third kappa shape index (κ3) is 3.27. The summed E-state index contributed by atoms with van der Waals surface area (Å²) < 4.78 is 5.81. The van der Waals surface area contributed by atoms with Crippen LogP contribution in [-0.2, 0) is 0 Å². The molecule has 1 saturated carbocycles. The molecule has 6 heteroatoms. The van der Waals surface area contributed by atoms with E-state index >= 15 is 0 Å². The van der Waals surface area contributed by atoms with Gasteiger partial charge in [0.15, 0.2) is 0 Å². The number of hydrogen-bond acceptors (Lipinski definition) is 4. The monoisotopic (exact) mass is 326 g/mol. The van der Waals surface area contributed by atoms with Crippen molar-refractivity contribution in [2.24, 2.45) is 0 Å². The maximum atomic E-state index is 12.4. The van der Waals surface area contributed by atoms with Crippen molar-refractivity contribution in [1.29, 1.82) is 0 Å². The van der Waals surface area contributed by atoms with Crippen LogP contribution in [0.15, 0.2) is 28.7 Å². The molecule has 4 rings (SSSR count). The summed E-state index contributed by atoms with van der Waals surface area (Å²) in [5, 5.41) is 11.3. The lowest BCUT2D eigenvalue weighted by Crippen LogP contribution is -2.40. The molecule has 1 aromatic carbocycles. The summed E-state index contributed by atoms with van der Waals surface area (Å²) in [5.74, 6) is 2.31. The number of hydrogen-bond donors (Lipinski definition) is 1. The zero-order valence-corrected chi connectivity index (χ0v) is 13.9. The summed E-state index contributed by atoms with van der Waals surface area (Å²) in [7, 11) is 0. The molecule has 0 spiro atoms. The van der Waals surface area contributed by atoms with Crippen molar-refractivity contribution in [1.82, 2.24) is 15.1 Å². The summed E-state index contributed by atoms with van der Waals surface area (Å²) in [4.78, 5) is 14.2. The molecule has 0 atom stereocenters. The predicted octanol–water partition coefficient (Wildman–Crippen LogP) is 3.67. The zero-order valence-electron chi connectivity index (χ0n) is 13.9. The van der Waals surface area contributed by atoms with E-state index in [0.717, 1.165) is 35.9 Å². The number of aromatic nitrogens is 2. The third-order valence-corrected chi connectivity index (χ3v) is 4.78. The Balaban J connectivity index is 1.32. The van der Waals surface area contributed by atoms with Gasteiger partial charge in [-0.2, -0.15) is 0 Å². The molecule has 0 bridgehead atoms. The lowest BCUT2D eigenvalue weighted by atomic mass is 9.97. The normalized spacial score (nSPS) is 18.6. The highest BCUT2D eigenvalue weighted by Gasteiger charge is 2.32. The summed E-state index contributed by atoms with van der Waals surface area (Å²) in [5.41, 5.74) is 1.97. The minimum Gasteiger partial charge on any atom is -0.425 e. The van der Waals surface area contributed by atoms with Gasteiger partial charge in [-0.3, -0.25) is 0 Å². The van der Waals surface area contributed by atoms with Crippen molar-refractivity contribution in [2.75, 3.05) is 18.4 Å².